The number of fused-ring (bicyclic) bond motifs is 1. The maximum Gasteiger partial charge on any atom is 0.261 e. The molecule has 0 unspecified atom stereocenters. The topological polar surface area (TPSA) is 98.2 Å². The van der Waals surface area contributed by atoms with E-state index >= 15 is 0 Å². The van der Waals surface area contributed by atoms with E-state index in [1.807, 2.05) is 44.3 Å². The lowest BCUT2D eigenvalue weighted by Gasteiger charge is -2.05. The normalized spacial score (nSPS) is 11.3. The van der Waals surface area contributed by atoms with E-state index in [0.29, 0.717) is 33.8 Å². The number of nitrogens with one attached hydrogen (secondary N) is 1. The third-order valence-electron chi connectivity index (χ3n) is 4.42. The summed E-state index contributed by atoms with van der Waals surface area (Å²) in [5, 5.41) is 16.0. The molecule has 0 aliphatic rings. The molecule has 0 atom stereocenters. The van der Waals surface area contributed by atoms with E-state index in [1.165, 1.54) is 0 Å². The third-order valence-corrected chi connectivity index (χ3v) is 4.67. The number of hydrogen-bond donors (Lipinski definition) is 1. The zero-order valence-corrected chi connectivity index (χ0v) is 16.7. The molecule has 8 nitrogen and oxygen atoms in total. The first-order valence-electron chi connectivity index (χ1n) is 9.19. The van der Waals surface area contributed by atoms with Crippen LogP contribution in [-0.4, -0.2) is 30.6 Å². The fourth-order valence-electron chi connectivity index (χ4n) is 2.86. The number of amides is 1. The number of aromatic nitrogens is 5. The van der Waals surface area contributed by atoms with Crippen molar-refractivity contribution in [1.82, 2.24) is 30.1 Å². The minimum absolute atomic E-state index is 0.112. The Morgan fingerprint density at radius 1 is 1.21 bits per heavy atom. The van der Waals surface area contributed by atoms with Crippen LogP contribution in [-0.2, 0) is 17.8 Å². The molecule has 9 heteroatoms. The summed E-state index contributed by atoms with van der Waals surface area (Å²) in [4.78, 5) is 16.7. The molecule has 0 aliphatic heterocycles. The number of pyridine rings is 1. The third kappa shape index (κ3) is 4.12. The molecule has 4 rings (SSSR count). The zero-order valence-electron chi connectivity index (χ0n) is 16.0. The van der Waals surface area contributed by atoms with Gasteiger partial charge in [-0.2, -0.15) is 4.98 Å². The Hall–Kier alpha value is -3.26. The Bertz CT molecular complexity index is 1150. The van der Waals surface area contributed by atoms with E-state index in [2.05, 4.69) is 25.7 Å². The van der Waals surface area contributed by atoms with Crippen LogP contribution in [0.15, 0.2) is 47.1 Å². The van der Waals surface area contributed by atoms with Crippen molar-refractivity contribution in [3.8, 4) is 11.5 Å². The van der Waals surface area contributed by atoms with Gasteiger partial charge in [-0.1, -0.05) is 42.7 Å². The number of carbonyl (C=O) groups excluding carboxylic acids is 1. The SMILES string of the molecule is CC(C)c1noc(-c2cccn3c(CNC(=O)Cc4ccc(Cl)cc4)nnc23)n1. The van der Waals surface area contributed by atoms with Crippen LogP contribution in [0.4, 0.5) is 0 Å². The molecule has 0 fully saturated rings. The van der Waals surface area contributed by atoms with Gasteiger partial charge in [-0.25, -0.2) is 0 Å². The lowest BCUT2D eigenvalue weighted by molar-refractivity contribution is -0.120. The quantitative estimate of drug-likeness (QED) is 0.523. The van der Waals surface area contributed by atoms with Gasteiger partial charge in [0.2, 0.25) is 5.91 Å². The van der Waals surface area contributed by atoms with Gasteiger partial charge < -0.3 is 9.84 Å². The van der Waals surface area contributed by atoms with Crippen LogP contribution in [0.25, 0.3) is 17.1 Å². The highest BCUT2D eigenvalue weighted by Gasteiger charge is 2.17. The molecule has 148 valence electrons. The van der Waals surface area contributed by atoms with E-state index in [-0.39, 0.29) is 24.8 Å². The predicted octanol–water partition coefficient (Wildman–Crippen LogP) is 3.42. The largest absolute Gasteiger partial charge is 0.348 e. The molecule has 0 bridgehead atoms. The second-order valence-corrected chi connectivity index (χ2v) is 7.36. The van der Waals surface area contributed by atoms with Crippen molar-refractivity contribution >= 4 is 23.2 Å². The molecule has 0 saturated carbocycles. The average molecular weight is 411 g/mol. The Balaban J connectivity index is 1.50. The van der Waals surface area contributed by atoms with E-state index in [4.69, 9.17) is 16.1 Å². The van der Waals surface area contributed by atoms with Crippen LogP contribution < -0.4 is 5.32 Å². The molecule has 1 N–H and O–H groups in total. The molecule has 1 aromatic carbocycles. The number of halogens is 1. The molecule has 0 spiro atoms. The predicted molar refractivity (Wildman–Crippen MR) is 107 cm³/mol. The van der Waals surface area contributed by atoms with Crippen molar-refractivity contribution in [3.05, 3.63) is 64.8 Å². The van der Waals surface area contributed by atoms with Gasteiger partial charge in [0, 0.05) is 17.1 Å². The Labute approximate surface area is 171 Å². The van der Waals surface area contributed by atoms with Crippen LogP contribution in [0.5, 0.6) is 0 Å². The lowest BCUT2D eigenvalue weighted by atomic mass is 10.1. The fourth-order valence-corrected chi connectivity index (χ4v) is 2.98. The van der Waals surface area contributed by atoms with Crippen LogP contribution in [0.1, 0.15) is 37.0 Å². The van der Waals surface area contributed by atoms with Crippen molar-refractivity contribution in [1.29, 1.82) is 0 Å². The molecular weight excluding hydrogens is 392 g/mol. The molecule has 29 heavy (non-hydrogen) atoms. The molecule has 0 aliphatic carbocycles. The Morgan fingerprint density at radius 2 is 2.00 bits per heavy atom. The highest BCUT2D eigenvalue weighted by atomic mass is 35.5. The van der Waals surface area contributed by atoms with Crippen molar-refractivity contribution in [2.75, 3.05) is 0 Å². The monoisotopic (exact) mass is 410 g/mol. The van der Waals surface area contributed by atoms with Gasteiger partial charge in [-0.15, -0.1) is 10.2 Å². The van der Waals surface area contributed by atoms with Gasteiger partial charge in [-0.3, -0.25) is 9.20 Å². The number of nitrogens with zero attached hydrogens (tertiary/aromatic N) is 5. The van der Waals surface area contributed by atoms with Crippen LogP contribution in [0, 0.1) is 0 Å². The van der Waals surface area contributed by atoms with Gasteiger partial charge in [0.05, 0.1) is 18.5 Å². The highest BCUT2D eigenvalue weighted by molar-refractivity contribution is 6.30. The first-order valence-corrected chi connectivity index (χ1v) is 9.57. The molecule has 3 aromatic heterocycles. The summed E-state index contributed by atoms with van der Waals surface area (Å²) in [6.07, 6.45) is 2.10. The van der Waals surface area contributed by atoms with E-state index in [9.17, 15) is 4.79 Å². The first kappa shape index (κ1) is 19.1. The highest BCUT2D eigenvalue weighted by Crippen LogP contribution is 2.23. The van der Waals surface area contributed by atoms with Gasteiger partial charge in [0.1, 0.15) is 0 Å². The van der Waals surface area contributed by atoms with Crippen molar-refractivity contribution in [2.45, 2.75) is 32.7 Å². The summed E-state index contributed by atoms with van der Waals surface area (Å²) < 4.78 is 7.18. The van der Waals surface area contributed by atoms with Crippen molar-refractivity contribution in [2.24, 2.45) is 0 Å². The standard InChI is InChI=1S/C20H19ClN6O2/c1-12(2)18-23-20(29-26-18)15-4-3-9-27-16(24-25-19(15)27)11-22-17(28)10-13-5-7-14(21)8-6-13/h3-9,12H,10-11H2,1-2H3,(H,22,28). The molecule has 1 amide bonds. The number of rotatable bonds is 6. The van der Waals surface area contributed by atoms with Crippen LogP contribution in [0.2, 0.25) is 5.02 Å². The fraction of sp³-hybridized carbons (Fsp3) is 0.250. The van der Waals surface area contributed by atoms with E-state index in [1.54, 1.807) is 16.5 Å². The summed E-state index contributed by atoms with van der Waals surface area (Å²) in [5.41, 5.74) is 2.17. The van der Waals surface area contributed by atoms with Crippen LogP contribution in [0.3, 0.4) is 0 Å². The van der Waals surface area contributed by atoms with Crippen molar-refractivity contribution in [3.63, 3.8) is 0 Å². The maximum atomic E-state index is 12.2. The summed E-state index contributed by atoms with van der Waals surface area (Å²) in [5.74, 6) is 1.69. The second-order valence-electron chi connectivity index (χ2n) is 6.92. The summed E-state index contributed by atoms with van der Waals surface area (Å²) >= 11 is 5.87. The average Bonchev–Trinajstić information content (AvgIpc) is 3.35. The summed E-state index contributed by atoms with van der Waals surface area (Å²) in [7, 11) is 0. The molecular formula is C20H19ClN6O2. The first-order chi connectivity index (χ1) is 14.0. The van der Waals surface area contributed by atoms with E-state index < -0.39 is 0 Å². The van der Waals surface area contributed by atoms with E-state index in [0.717, 1.165) is 5.56 Å². The molecule has 3 heterocycles. The van der Waals surface area contributed by atoms with Crippen LogP contribution >= 0.6 is 11.6 Å². The van der Waals surface area contributed by atoms with Gasteiger partial charge in [0.25, 0.3) is 5.89 Å². The number of carbonyl (C=O) groups is 1. The second kappa shape index (κ2) is 8.00. The molecule has 0 radical (unpaired) electrons. The van der Waals surface area contributed by atoms with Gasteiger partial charge in [-0.05, 0) is 29.8 Å². The Kier molecular flexibility index (Phi) is 5.26. The van der Waals surface area contributed by atoms with Crippen molar-refractivity contribution < 1.29 is 9.32 Å². The number of hydrogen-bond acceptors (Lipinski definition) is 6. The lowest BCUT2D eigenvalue weighted by Crippen LogP contribution is -2.25. The van der Waals surface area contributed by atoms with Gasteiger partial charge >= 0.3 is 0 Å². The smallest absolute Gasteiger partial charge is 0.261 e. The van der Waals surface area contributed by atoms with Gasteiger partial charge in [0.15, 0.2) is 17.3 Å². The number of benzene rings is 1. The summed E-state index contributed by atoms with van der Waals surface area (Å²) in [6.45, 7) is 4.24. The molecule has 0 saturated heterocycles. The minimum Gasteiger partial charge on any atom is -0.348 e. The maximum absolute atomic E-state index is 12.2. The minimum atomic E-state index is -0.112. The zero-order chi connectivity index (χ0) is 20.4. The summed E-state index contributed by atoms with van der Waals surface area (Å²) in [6, 6.07) is 10.9. The Morgan fingerprint density at radius 3 is 2.72 bits per heavy atom. The molecule has 4 aromatic rings.